The normalized spacial score (nSPS) is 11.4. The van der Waals surface area contributed by atoms with Gasteiger partial charge in [0.25, 0.3) is 0 Å². The summed E-state index contributed by atoms with van der Waals surface area (Å²) in [4.78, 5) is 28.7. The first-order valence-electron chi connectivity index (χ1n) is 15.3. The lowest BCUT2D eigenvalue weighted by molar-refractivity contribution is 0.666. The van der Waals surface area contributed by atoms with Crippen molar-refractivity contribution in [2.75, 3.05) is 0 Å². The number of aromatic nitrogens is 6. The van der Waals surface area contributed by atoms with E-state index in [1.54, 1.807) is 12.4 Å². The summed E-state index contributed by atoms with van der Waals surface area (Å²) < 4.78 is 6.02. The second-order valence-corrected chi connectivity index (χ2v) is 11.2. The van der Waals surface area contributed by atoms with E-state index in [1.165, 1.54) is 0 Å². The monoisotopic (exact) mass is 604 g/mol. The standard InChI is InChI=1S/C40H24N6O/c1-3-10-25(11-4-1)38-44-39(26-12-5-2-6-13-26)46-40(45-38)29-16-7-14-27(20-29)30-17-8-15-28-21-33(43-23-31(28)30)32-22-41-24-35-36(32)37-34(47-35)18-9-19-42-37/h1-24H. The molecule has 7 nitrogen and oxygen atoms in total. The molecule has 220 valence electrons. The van der Waals surface area contributed by atoms with Crippen LogP contribution in [0.5, 0.6) is 0 Å². The van der Waals surface area contributed by atoms with Gasteiger partial charge < -0.3 is 4.42 Å². The van der Waals surface area contributed by atoms with Gasteiger partial charge in [-0.15, -0.1) is 0 Å². The average Bonchev–Trinajstić information content (AvgIpc) is 3.54. The highest BCUT2D eigenvalue weighted by Gasteiger charge is 2.17. The molecule has 0 unspecified atom stereocenters. The van der Waals surface area contributed by atoms with Crippen LogP contribution >= 0.6 is 0 Å². The fourth-order valence-electron chi connectivity index (χ4n) is 6.07. The fourth-order valence-corrected chi connectivity index (χ4v) is 6.07. The maximum Gasteiger partial charge on any atom is 0.164 e. The molecule has 0 atom stereocenters. The van der Waals surface area contributed by atoms with Crippen molar-refractivity contribution < 1.29 is 4.42 Å². The van der Waals surface area contributed by atoms with Gasteiger partial charge in [0.1, 0.15) is 5.52 Å². The topological polar surface area (TPSA) is 90.5 Å². The van der Waals surface area contributed by atoms with Crippen LogP contribution in [0.2, 0.25) is 0 Å². The molecule has 0 radical (unpaired) electrons. The van der Waals surface area contributed by atoms with E-state index in [9.17, 15) is 0 Å². The van der Waals surface area contributed by atoms with E-state index >= 15 is 0 Å². The molecule has 0 N–H and O–H groups in total. The average molecular weight is 605 g/mol. The highest BCUT2D eigenvalue weighted by atomic mass is 16.3. The van der Waals surface area contributed by atoms with Crippen molar-refractivity contribution >= 4 is 32.8 Å². The van der Waals surface area contributed by atoms with Gasteiger partial charge in [-0.25, -0.2) is 15.0 Å². The van der Waals surface area contributed by atoms with Gasteiger partial charge in [-0.05, 0) is 40.8 Å². The Kier molecular flexibility index (Phi) is 6.31. The van der Waals surface area contributed by atoms with Crippen LogP contribution in [0.1, 0.15) is 0 Å². The van der Waals surface area contributed by atoms with E-state index in [2.05, 4.69) is 46.4 Å². The molecule has 9 aromatic rings. The molecule has 0 amide bonds. The lowest BCUT2D eigenvalue weighted by atomic mass is 9.97. The molecule has 0 aliphatic carbocycles. The zero-order valence-electron chi connectivity index (χ0n) is 24.9. The molecular weight excluding hydrogens is 580 g/mol. The summed E-state index contributed by atoms with van der Waals surface area (Å²) >= 11 is 0. The smallest absolute Gasteiger partial charge is 0.164 e. The lowest BCUT2D eigenvalue weighted by Gasteiger charge is -2.11. The van der Waals surface area contributed by atoms with Crippen molar-refractivity contribution in [3.63, 3.8) is 0 Å². The number of benzene rings is 4. The lowest BCUT2D eigenvalue weighted by Crippen LogP contribution is -2.00. The largest absolute Gasteiger partial charge is 0.453 e. The fraction of sp³-hybridized carbons (Fsp3) is 0. The molecule has 0 fully saturated rings. The van der Waals surface area contributed by atoms with Crippen LogP contribution in [0.15, 0.2) is 151 Å². The van der Waals surface area contributed by atoms with Crippen molar-refractivity contribution in [3.8, 4) is 56.5 Å². The number of nitrogens with zero attached hydrogens (tertiary/aromatic N) is 6. The molecule has 0 saturated carbocycles. The molecule has 0 aliphatic rings. The van der Waals surface area contributed by atoms with Crippen LogP contribution in [0.4, 0.5) is 0 Å². The zero-order chi connectivity index (χ0) is 31.2. The minimum atomic E-state index is 0.613. The Morgan fingerprint density at radius 3 is 1.91 bits per heavy atom. The van der Waals surface area contributed by atoms with Crippen LogP contribution in [0.3, 0.4) is 0 Å². The van der Waals surface area contributed by atoms with Crippen LogP contribution in [0, 0.1) is 0 Å². The van der Waals surface area contributed by atoms with Crippen molar-refractivity contribution in [3.05, 3.63) is 146 Å². The number of fused-ring (bicyclic) bond motifs is 4. The molecule has 47 heavy (non-hydrogen) atoms. The Morgan fingerprint density at radius 1 is 0.468 bits per heavy atom. The van der Waals surface area contributed by atoms with Crippen LogP contribution < -0.4 is 0 Å². The van der Waals surface area contributed by atoms with E-state index in [-0.39, 0.29) is 0 Å². The minimum Gasteiger partial charge on any atom is -0.453 e. The molecule has 9 rings (SSSR count). The predicted molar refractivity (Wildman–Crippen MR) is 185 cm³/mol. The van der Waals surface area contributed by atoms with Crippen molar-refractivity contribution in [2.45, 2.75) is 0 Å². The van der Waals surface area contributed by atoms with E-state index in [0.29, 0.717) is 23.1 Å². The first-order chi connectivity index (χ1) is 23.3. The third-order valence-corrected chi connectivity index (χ3v) is 8.31. The predicted octanol–water partition coefficient (Wildman–Crippen LogP) is 9.44. The van der Waals surface area contributed by atoms with Crippen LogP contribution in [-0.2, 0) is 0 Å². The molecule has 0 aliphatic heterocycles. The minimum absolute atomic E-state index is 0.613. The Hall–Kier alpha value is -6.60. The number of hydrogen-bond donors (Lipinski definition) is 0. The SMILES string of the molecule is c1ccc(-c2nc(-c3ccccc3)nc(-c3cccc(-c4cccc5cc(-c6cncc7oc8cccnc8c67)ncc45)c3)n2)cc1. The summed E-state index contributed by atoms with van der Waals surface area (Å²) in [5.41, 5.74) is 8.78. The third-order valence-electron chi connectivity index (χ3n) is 8.31. The van der Waals surface area contributed by atoms with Gasteiger partial charge in [-0.2, -0.15) is 0 Å². The molecule has 0 saturated heterocycles. The number of furan rings is 1. The van der Waals surface area contributed by atoms with E-state index in [0.717, 1.165) is 66.3 Å². The van der Waals surface area contributed by atoms with E-state index in [4.69, 9.17) is 24.4 Å². The van der Waals surface area contributed by atoms with Crippen LogP contribution in [0.25, 0.3) is 89.4 Å². The molecule has 4 aromatic carbocycles. The highest BCUT2D eigenvalue weighted by molar-refractivity contribution is 6.10. The van der Waals surface area contributed by atoms with E-state index < -0.39 is 0 Å². The van der Waals surface area contributed by atoms with E-state index in [1.807, 2.05) is 97.3 Å². The molecular formula is C40H24N6O. The van der Waals surface area contributed by atoms with Crippen LogP contribution in [-0.4, -0.2) is 29.9 Å². The maximum absolute atomic E-state index is 6.02. The van der Waals surface area contributed by atoms with Gasteiger partial charge in [-0.1, -0.05) is 97.1 Å². The van der Waals surface area contributed by atoms with Crippen molar-refractivity contribution in [1.82, 2.24) is 29.9 Å². The Balaban J connectivity index is 1.15. The summed E-state index contributed by atoms with van der Waals surface area (Å²) in [5.74, 6) is 1.88. The van der Waals surface area contributed by atoms with Gasteiger partial charge in [0.15, 0.2) is 28.6 Å². The van der Waals surface area contributed by atoms with Gasteiger partial charge in [0.05, 0.1) is 17.3 Å². The molecule has 7 heteroatoms. The summed E-state index contributed by atoms with van der Waals surface area (Å²) in [6.07, 6.45) is 7.27. The maximum atomic E-state index is 6.02. The second kappa shape index (κ2) is 11.1. The second-order valence-electron chi connectivity index (χ2n) is 11.2. The first kappa shape index (κ1) is 26.8. The number of rotatable bonds is 5. The summed E-state index contributed by atoms with van der Waals surface area (Å²) in [7, 11) is 0. The Bertz CT molecular complexity index is 2520. The third kappa shape index (κ3) is 4.78. The molecule has 5 aromatic heterocycles. The summed E-state index contributed by atoms with van der Waals surface area (Å²) in [6, 6.07) is 40.5. The highest BCUT2D eigenvalue weighted by Crippen LogP contribution is 2.37. The van der Waals surface area contributed by atoms with Crippen molar-refractivity contribution in [1.29, 1.82) is 0 Å². The number of hydrogen-bond acceptors (Lipinski definition) is 7. The van der Waals surface area contributed by atoms with Gasteiger partial charge >= 0.3 is 0 Å². The first-order valence-corrected chi connectivity index (χ1v) is 15.3. The summed E-state index contributed by atoms with van der Waals surface area (Å²) in [5, 5.41) is 3.01. The van der Waals surface area contributed by atoms with Gasteiger partial charge in [0, 0.05) is 46.2 Å². The van der Waals surface area contributed by atoms with Gasteiger partial charge in [0.2, 0.25) is 0 Å². The van der Waals surface area contributed by atoms with Gasteiger partial charge in [-0.3, -0.25) is 15.0 Å². The quantitative estimate of drug-likeness (QED) is 0.193. The Labute approximate surface area is 269 Å². The Morgan fingerprint density at radius 2 is 1.15 bits per heavy atom. The number of pyridine rings is 3. The molecule has 0 bridgehead atoms. The zero-order valence-corrected chi connectivity index (χ0v) is 24.9. The molecule has 0 spiro atoms. The molecule has 5 heterocycles. The van der Waals surface area contributed by atoms with Crippen molar-refractivity contribution in [2.24, 2.45) is 0 Å². The summed E-state index contributed by atoms with van der Waals surface area (Å²) in [6.45, 7) is 0.